The number of rotatable bonds is 11. The van der Waals surface area contributed by atoms with Crippen molar-refractivity contribution < 1.29 is 32.6 Å². The van der Waals surface area contributed by atoms with Gasteiger partial charge in [-0.3, -0.25) is 13.7 Å². The van der Waals surface area contributed by atoms with Gasteiger partial charge in [-0.15, -0.1) is 0 Å². The number of aliphatic carboxylic acids is 1. The highest BCUT2D eigenvalue weighted by atomic mass is 32.2. The Morgan fingerprint density at radius 3 is 2.23 bits per heavy atom. The van der Waals surface area contributed by atoms with E-state index in [0.717, 1.165) is 20.8 Å². The number of carboxylic acid groups (broad SMARTS) is 1. The molecule has 1 aromatic heterocycles. The minimum Gasteiger partial charge on any atom is -0.491 e. The summed E-state index contributed by atoms with van der Waals surface area (Å²) in [5.74, 6) is -1.19. The third kappa shape index (κ3) is 6.01. The van der Waals surface area contributed by atoms with E-state index in [9.17, 15) is 23.5 Å². The molecule has 210 valence electrons. The van der Waals surface area contributed by atoms with Crippen molar-refractivity contribution in [2.75, 3.05) is 22.8 Å². The highest BCUT2D eigenvalue weighted by molar-refractivity contribution is 7.80. The smallest absolute Gasteiger partial charge is 0.327 e. The molecule has 0 aliphatic rings. The van der Waals surface area contributed by atoms with Crippen LogP contribution in [0.15, 0.2) is 71.1 Å². The number of nitrogens with two attached hydrogens (primary N) is 1. The molecule has 0 saturated heterocycles. The topological polar surface area (TPSA) is 155 Å². The fourth-order valence-electron chi connectivity index (χ4n) is 4.51. The summed E-state index contributed by atoms with van der Waals surface area (Å²) in [5, 5.41) is 13.2. The van der Waals surface area contributed by atoms with Gasteiger partial charge in [0.25, 0.3) is 17.2 Å². The van der Waals surface area contributed by atoms with Crippen LogP contribution in [0.1, 0.15) is 30.0 Å². The van der Waals surface area contributed by atoms with Crippen molar-refractivity contribution in [3.8, 4) is 16.9 Å². The number of benzene rings is 3. The van der Waals surface area contributed by atoms with Crippen LogP contribution in [0.25, 0.3) is 22.1 Å². The number of anilines is 2. The van der Waals surface area contributed by atoms with Crippen LogP contribution in [0.4, 0.5) is 11.4 Å². The molecule has 0 aliphatic heterocycles. The molecule has 3 aromatic carbocycles. The Hall–Kier alpha value is -4.19. The first kappa shape index (κ1) is 28.8. The minimum atomic E-state index is -2.52. The molecule has 1 amide bonds. The number of hydrogen-bond acceptors (Lipinski definition) is 6. The number of carbonyl (C=O) groups excluding carboxylic acids is 1. The summed E-state index contributed by atoms with van der Waals surface area (Å²) < 4.78 is 34.3. The van der Waals surface area contributed by atoms with Crippen LogP contribution in [0, 0.1) is 12.8 Å². The monoisotopic (exact) mass is 565 g/mol. The summed E-state index contributed by atoms with van der Waals surface area (Å²) in [5.41, 5.74) is 9.27. The first-order chi connectivity index (χ1) is 19.1. The molecule has 4 aromatic rings. The minimum absolute atomic E-state index is 0.186. The lowest BCUT2D eigenvalue weighted by Gasteiger charge is -2.29. The molecule has 11 heteroatoms. The Bertz CT molecular complexity index is 1530. The molecule has 4 rings (SSSR count). The van der Waals surface area contributed by atoms with Gasteiger partial charge in [-0.2, -0.15) is 0 Å². The predicted octanol–water partition coefficient (Wildman–Crippen LogP) is 5.05. The maximum Gasteiger partial charge on any atom is 0.327 e. The van der Waals surface area contributed by atoms with Crippen LogP contribution in [-0.2, 0) is 16.1 Å². The van der Waals surface area contributed by atoms with Crippen LogP contribution < -0.4 is 20.1 Å². The van der Waals surface area contributed by atoms with E-state index in [-0.39, 0.29) is 5.76 Å². The van der Waals surface area contributed by atoms with E-state index in [1.165, 1.54) is 0 Å². The van der Waals surface area contributed by atoms with Gasteiger partial charge in [0.05, 0.1) is 11.1 Å². The highest BCUT2D eigenvalue weighted by Gasteiger charge is 2.32. The maximum atomic E-state index is 13.0. The average molecular weight is 566 g/mol. The van der Waals surface area contributed by atoms with E-state index >= 15 is 0 Å². The number of nitrogens with one attached hydrogen (secondary N) is 1. The summed E-state index contributed by atoms with van der Waals surface area (Å²) in [6, 6.07) is 18.1. The second-order valence-corrected chi connectivity index (χ2v) is 10.3. The first-order valence-electron chi connectivity index (χ1n) is 12.6. The van der Waals surface area contributed by atoms with Gasteiger partial charge < -0.3 is 25.3 Å². The molecule has 5 N–H and O–H groups in total. The van der Waals surface area contributed by atoms with Crippen molar-refractivity contribution in [2.24, 2.45) is 11.7 Å². The third-order valence-corrected chi connectivity index (χ3v) is 7.18. The maximum absolute atomic E-state index is 13.0. The number of furan rings is 1. The van der Waals surface area contributed by atoms with Gasteiger partial charge in [0.2, 0.25) is 0 Å². The molecular weight excluding hydrogens is 534 g/mol. The van der Waals surface area contributed by atoms with Gasteiger partial charge in [0.15, 0.2) is 5.76 Å². The molecule has 0 saturated carbocycles. The summed E-state index contributed by atoms with van der Waals surface area (Å²) in [6.07, 6.45) is 0. The molecule has 2 atom stereocenters. The van der Waals surface area contributed by atoms with Gasteiger partial charge >= 0.3 is 5.97 Å². The van der Waals surface area contributed by atoms with Crippen molar-refractivity contribution in [1.29, 1.82) is 0 Å². The van der Waals surface area contributed by atoms with E-state index in [0.29, 0.717) is 41.4 Å². The Balaban J connectivity index is 1.51. The van der Waals surface area contributed by atoms with Crippen molar-refractivity contribution in [3.05, 3.63) is 78.1 Å². The number of fused-ring (bicyclic) bond motifs is 1. The number of aryl methyl sites for hydroxylation is 1. The fourth-order valence-corrected chi connectivity index (χ4v) is 5.34. The van der Waals surface area contributed by atoms with E-state index in [1.807, 2.05) is 18.2 Å². The van der Waals surface area contributed by atoms with Crippen molar-refractivity contribution >= 4 is 45.5 Å². The average Bonchev–Trinajstić information content (AvgIpc) is 3.27. The Morgan fingerprint density at radius 1 is 1.05 bits per heavy atom. The fraction of sp³-hybridized carbons (Fsp3) is 0.241. The van der Waals surface area contributed by atoms with Gasteiger partial charge in [-0.25, -0.2) is 9.00 Å². The lowest BCUT2D eigenvalue weighted by molar-refractivity contribution is -0.139. The first-order valence-corrected chi connectivity index (χ1v) is 13.7. The lowest BCUT2D eigenvalue weighted by atomic mass is 10.0. The van der Waals surface area contributed by atoms with E-state index in [1.54, 1.807) is 69.3 Å². The SMILES string of the molecule is Cc1c(C(=O)Nc2ccc(-c3ccc(N(C(C(=O)O)C(C)C)S(=O)O)cc3)cc2)oc2cccc(OCCN)c12. The Labute approximate surface area is 234 Å². The zero-order valence-corrected chi connectivity index (χ0v) is 23.1. The summed E-state index contributed by atoms with van der Waals surface area (Å²) in [7, 11) is 0. The third-order valence-electron chi connectivity index (χ3n) is 6.40. The Kier molecular flexibility index (Phi) is 8.88. The summed E-state index contributed by atoms with van der Waals surface area (Å²) >= 11 is -2.52. The van der Waals surface area contributed by atoms with Crippen LogP contribution in [0.3, 0.4) is 0 Å². The summed E-state index contributed by atoms with van der Waals surface area (Å²) in [4.78, 5) is 24.8. The quantitative estimate of drug-likeness (QED) is 0.184. The number of carboxylic acids is 1. The molecule has 0 aliphatic carbocycles. The zero-order chi connectivity index (χ0) is 29.0. The number of amides is 1. The number of ether oxygens (including phenoxy) is 1. The van der Waals surface area contributed by atoms with Gasteiger partial charge in [0, 0.05) is 17.8 Å². The number of carbonyl (C=O) groups is 2. The summed E-state index contributed by atoms with van der Waals surface area (Å²) in [6.45, 7) is 5.87. The molecule has 1 heterocycles. The van der Waals surface area contributed by atoms with Gasteiger partial charge in [-0.1, -0.05) is 44.2 Å². The molecule has 2 unspecified atom stereocenters. The standard InChI is InChI=1S/C29H31N3O7S/c1-17(2)26(29(34)35)32(40(36)37)22-13-9-20(10-14-22)19-7-11-21(12-8-19)31-28(33)27-18(3)25-23(38-16-15-30)5-4-6-24(25)39-27/h4-14,17,26H,15-16,30H2,1-3H3,(H,31,33)(H,34,35)(H,36,37). The van der Waals surface area contributed by atoms with E-state index < -0.39 is 35.1 Å². The number of nitrogens with zero attached hydrogens (tertiary/aromatic N) is 1. The van der Waals surface area contributed by atoms with Gasteiger partial charge in [-0.05, 0) is 60.4 Å². The molecule has 0 radical (unpaired) electrons. The largest absolute Gasteiger partial charge is 0.491 e. The van der Waals surface area contributed by atoms with Crippen LogP contribution in [0.5, 0.6) is 5.75 Å². The number of hydrogen-bond donors (Lipinski definition) is 4. The molecule has 10 nitrogen and oxygen atoms in total. The molecular formula is C29H31N3O7S. The van der Waals surface area contributed by atoms with Crippen molar-refractivity contribution in [3.63, 3.8) is 0 Å². The van der Waals surface area contributed by atoms with E-state index in [2.05, 4.69) is 5.32 Å². The molecule has 40 heavy (non-hydrogen) atoms. The van der Waals surface area contributed by atoms with Crippen molar-refractivity contribution in [2.45, 2.75) is 26.8 Å². The van der Waals surface area contributed by atoms with Crippen LogP contribution in [0.2, 0.25) is 0 Å². The van der Waals surface area contributed by atoms with Gasteiger partial charge in [0.1, 0.15) is 24.0 Å². The normalized spacial score (nSPS) is 12.8. The molecule has 0 bridgehead atoms. The van der Waals surface area contributed by atoms with Crippen molar-refractivity contribution in [1.82, 2.24) is 0 Å². The second-order valence-electron chi connectivity index (χ2n) is 9.48. The van der Waals surface area contributed by atoms with Crippen LogP contribution >= 0.6 is 0 Å². The highest BCUT2D eigenvalue weighted by Crippen LogP contribution is 2.34. The van der Waals surface area contributed by atoms with Crippen LogP contribution in [-0.4, -0.2) is 44.9 Å². The van der Waals surface area contributed by atoms with E-state index in [4.69, 9.17) is 14.9 Å². The lowest BCUT2D eigenvalue weighted by Crippen LogP contribution is -2.45. The molecule has 0 spiro atoms. The Morgan fingerprint density at radius 2 is 1.68 bits per heavy atom. The zero-order valence-electron chi connectivity index (χ0n) is 22.3. The molecule has 0 fully saturated rings. The second kappa shape index (κ2) is 12.3. The predicted molar refractivity (Wildman–Crippen MR) is 155 cm³/mol.